The van der Waals surface area contributed by atoms with Crippen molar-refractivity contribution in [3.8, 4) is 10.6 Å². The predicted molar refractivity (Wildman–Crippen MR) is 84.6 cm³/mol. The molecule has 1 atom stereocenters. The van der Waals surface area contributed by atoms with Gasteiger partial charge < -0.3 is 4.74 Å². The maximum atomic E-state index is 12.0. The van der Waals surface area contributed by atoms with Gasteiger partial charge >= 0.3 is 5.97 Å². The molecule has 0 N–H and O–H groups in total. The molecular formula is C17H19NO2S. The molecule has 1 aromatic heterocycles. The molecule has 0 bridgehead atoms. The molecule has 1 aliphatic rings. The van der Waals surface area contributed by atoms with E-state index in [2.05, 4.69) is 31.2 Å². The Balaban J connectivity index is 1.87. The summed E-state index contributed by atoms with van der Waals surface area (Å²) in [5, 5.41) is 1.01. The molecule has 21 heavy (non-hydrogen) atoms. The molecule has 0 spiro atoms. The molecule has 1 aliphatic carbocycles. The van der Waals surface area contributed by atoms with Crippen LogP contribution in [0.15, 0.2) is 24.3 Å². The zero-order chi connectivity index (χ0) is 14.8. The van der Waals surface area contributed by atoms with Crippen molar-refractivity contribution in [1.29, 1.82) is 0 Å². The van der Waals surface area contributed by atoms with E-state index >= 15 is 0 Å². The number of carbonyl (C=O) groups excluding carboxylic acids is 1. The fraction of sp³-hybridized carbons (Fsp3) is 0.412. The first-order valence-electron chi connectivity index (χ1n) is 7.48. The molecule has 3 rings (SSSR count). The number of thiazole rings is 1. The molecule has 1 aromatic carbocycles. The van der Waals surface area contributed by atoms with E-state index in [1.165, 1.54) is 10.4 Å². The molecule has 3 nitrogen and oxygen atoms in total. The van der Waals surface area contributed by atoms with Gasteiger partial charge in [-0.2, -0.15) is 0 Å². The number of benzene rings is 1. The molecule has 0 fully saturated rings. The molecule has 0 saturated heterocycles. The summed E-state index contributed by atoms with van der Waals surface area (Å²) < 4.78 is 5.15. The second-order valence-electron chi connectivity index (χ2n) is 5.22. The number of nitrogens with zero attached hydrogens (tertiary/aromatic N) is 1. The maximum absolute atomic E-state index is 12.0. The lowest BCUT2D eigenvalue weighted by atomic mass is 10.1. The fourth-order valence-corrected chi connectivity index (χ4v) is 3.85. The number of rotatable bonds is 4. The van der Waals surface area contributed by atoms with E-state index in [9.17, 15) is 4.79 Å². The molecule has 0 aliphatic heterocycles. The normalized spacial score (nSPS) is 16.8. The van der Waals surface area contributed by atoms with E-state index in [1.807, 2.05) is 6.92 Å². The lowest BCUT2D eigenvalue weighted by Crippen LogP contribution is -2.14. The van der Waals surface area contributed by atoms with Crippen LogP contribution in [0.5, 0.6) is 0 Å². The highest BCUT2D eigenvalue weighted by Gasteiger charge is 2.33. The summed E-state index contributed by atoms with van der Waals surface area (Å²) >= 11 is 1.71. The van der Waals surface area contributed by atoms with Gasteiger partial charge in [-0.05, 0) is 31.7 Å². The Labute approximate surface area is 129 Å². The van der Waals surface area contributed by atoms with E-state index in [-0.39, 0.29) is 11.9 Å². The predicted octanol–water partition coefficient (Wildman–Crippen LogP) is 3.97. The zero-order valence-corrected chi connectivity index (χ0v) is 13.2. The largest absolute Gasteiger partial charge is 0.465 e. The van der Waals surface area contributed by atoms with Gasteiger partial charge in [0.25, 0.3) is 0 Å². The number of esters is 1. The first-order chi connectivity index (χ1) is 10.2. The van der Waals surface area contributed by atoms with Crippen LogP contribution in [-0.2, 0) is 22.4 Å². The number of aryl methyl sites for hydroxylation is 2. The summed E-state index contributed by atoms with van der Waals surface area (Å²) in [7, 11) is 0. The smallest absolute Gasteiger partial charge is 0.315 e. The van der Waals surface area contributed by atoms with Crippen LogP contribution in [0.2, 0.25) is 0 Å². The Morgan fingerprint density at radius 2 is 2.10 bits per heavy atom. The first-order valence-corrected chi connectivity index (χ1v) is 8.30. The highest BCUT2D eigenvalue weighted by Crippen LogP contribution is 2.40. The quantitative estimate of drug-likeness (QED) is 0.802. The highest BCUT2D eigenvalue weighted by atomic mass is 32.1. The van der Waals surface area contributed by atoms with Crippen molar-refractivity contribution in [2.45, 2.75) is 39.0 Å². The van der Waals surface area contributed by atoms with Crippen molar-refractivity contribution in [1.82, 2.24) is 4.98 Å². The van der Waals surface area contributed by atoms with Gasteiger partial charge in [0.15, 0.2) is 0 Å². The number of fused-ring (bicyclic) bond motifs is 1. The Hall–Kier alpha value is -1.68. The lowest BCUT2D eigenvalue weighted by Gasteiger charge is -2.07. The summed E-state index contributed by atoms with van der Waals surface area (Å²) in [4.78, 5) is 17.9. The van der Waals surface area contributed by atoms with Gasteiger partial charge in [0.05, 0.1) is 12.3 Å². The third-order valence-corrected chi connectivity index (χ3v) is 5.08. The van der Waals surface area contributed by atoms with Gasteiger partial charge in [-0.1, -0.05) is 31.2 Å². The van der Waals surface area contributed by atoms with Crippen molar-refractivity contribution < 1.29 is 9.53 Å². The second-order valence-corrected chi connectivity index (χ2v) is 6.30. The molecule has 4 heteroatoms. The van der Waals surface area contributed by atoms with Crippen LogP contribution in [0.25, 0.3) is 10.6 Å². The van der Waals surface area contributed by atoms with E-state index < -0.39 is 0 Å². The molecule has 1 heterocycles. The topological polar surface area (TPSA) is 39.2 Å². The molecular weight excluding hydrogens is 282 g/mol. The lowest BCUT2D eigenvalue weighted by molar-refractivity contribution is -0.145. The Morgan fingerprint density at radius 1 is 1.33 bits per heavy atom. The first kappa shape index (κ1) is 14.3. The van der Waals surface area contributed by atoms with Gasteiger partial charge in [0.2, 0.25) is 0 Å². The van der Waals surface area contributed by atoms with Crippen molar-refractivity contribution in [3.63, 3.8) is 0 Å². The number of hydrogen-bond acceptors (Lipinski definition) is 4. The minimum absolute atomic E-state index is 0.130. The van der Waals surface area contributed by atoms with Gasteiger partial charge in [-0.25, -0.2) is 4.98 Å². The van der Waals surface area contributed by atoms with Crippen molar-refractivity contribution in [3.05, 3.63) is 40.4 Å². The third-order valence-electron chi connectivity index (χ3n) is 3.90. The van der Waals surface area contributed by atoms with Crippen LogP contribution in [-0.4, -0.2) is 17.6 Å². The van der Waals surface area contributed by atoms with E-state index in [0.29, 0.717) is 6.61 Å². The number of carbonyl (C=O) groups is 1. The fourth-order valence-electron chi connectivity index (χ4n) is 2.71. The van der Waals surface area contributed by atoms with Crippen LogP contribution < -0.4 is 0 Å². The summed E-state index contributed by atoms with van der Waals surface area (Å²) in [6.45, 7) is 4.42. The molecule has 0 saturated carbocycles. The molecule has 2 aromatic rings. The average molecular weight is 301 g/mol. The van der Waals surface area contributed by atoms with Crippen LogP contribution >= 0.6 is 11.3 Å². The monoisotopic (exact) mass is 301 g/mol. The van der Waals surface area contributed by atoms with E-state index in [4.69, 9.17) is 9.72 Å². The van der Waals surface area contributed by atoms with Crippen LogP contribution in [0.3, 0.4) is 0 Å². The molecule has 0 radical (unpaired) electrons. The SMILES string of the molecule is CCOC(=O)C1CCc2sc(-c3ccc(CC)cc3)nc21. The van der Waals surface area contributed by atoms with Gasteiger partial charge in [-0.3, -0.25) is 4.79 Å². The Morgan fingerprint density at radius 3 is 2.76 bits per heavy atom. The number of aromatic nitrogens is 1. The average Bonchev–Trinajstić information content (AvgIpc) is 3.07. The minimum atomic E-state index is -0.167. The van der Waals surface area contributed by atoms with Crippen molar-refractivity contribution >= 4 is 17.3 Å². The highest BCUT2D eigenvalue weighted by molar-refractivity contribution is 7.15. The maximum Gasteiger partial charge on any atom is 0.315 e. The van der Waals surface area contributed by atoms with Crippen LogP contribution in [0, 0.1) is 0 Å². The van der Waals surface area contributed by atoms with Gasteiger partial charge in [0, 0.05) is 10.4 Å². The summed E-state index contributed by atoms with van der Waals surface area (Å²) in [6, 6.07) is 8.52. The Kier molecular flexibility index (Phi) is 4.06. The minimum Gasteiger partial charge on any atom is -0.465 e. The van der Waals surface area contributed by atoms with Crippen molar-refractivity contribution in [2.75, 3.05) is 6.61 Å². The standard InChI is InChI=1S/C17H19NO2S/c1-3-11-5-7-12(8-6-11)16-18-15-13(17(19)20-4-2)9-10-14(15)21-16/h5-8,13H,3-4,9-10H2,1-2H3. The van der Waals surface area contributed by atoms with E-state index in [1.54, 1.807) is 11.3 Å². The van der Waals surface area contributed by atoms with Crippen molar-refractivity contribution in [2.24, 2.45) is 0 Å². The summed E-state index contributed by atoms with van der Waals surface area (Å²) in [6.07, 6.45) is 2.81. The molecule has 110 valence electrons. The van der Waals surface area contributed by atoms with Gasteiger partial charge in [-0.15, -0.1) is 11.3 Å². The molecule has 1 unspecified atom stereocenters. The summed E-state index contributed by atoms with van der Waals surface area (Å²) in [5.74, 6) is -0.297. The van der Waals surface area contributed by atoms with Crippen LogP contribution in [0.4, 0.5) is 0 Å². The number of ether oxygens (including phenoxy) is 1. The molecule has 0 amide bonds. The van der Waals surface area contributed by atoms with Crippen LogP contribution in [0.1, 0.15) is 42.3 Å². The Bertz CT molecular complexity index is 645. The zero-order valence-electron chi connectivity index (χ0n) is 12.4. The number of hydrogen-bond donors (Lipinski definition) is 0. The summed E-state index contributed by atoms with van der Waals surface area (Å²) in [5.41, 5.74) is 3.40. The third kappa shape index (κ3) is 2.72. The second kappa shape index (κ2) is 5.98. The van der Waals surface area contributed by atoms with Gasteiger partial charge in [0.1, 0.15) is 10.9 Å². The van der Waals surface area contributed by atoms with E-state index in [0.717, 1.165) is 35.5 Å².